The average Bonchev–Trinajstić information content (AvgIpc) is 3.41. The lowest BCUT2D eigenvalue weighted by Gasteiger charge is -2.43. The molecule has 2 atom stereocenters. The molecule has 2 aromatic carbocycles. The van der Waals surface area contributed by atoms with E-state index in [0.29, 0.717) is 31.7 Å². The van der Waals surface area contributed by atoms with Crippen LogP contribution in [0.5, 0.6) is 0 Å². The van der Waals surface area contributed by atoms with E-state index in [1.54, 1.807) is 16.2 Å². The van der Waals surface area contributed by atoms with Gasteiger partial charge in [-0.3, -0.25) is 24.6 Å². The Balaban J connectivity index is 1.27. The van der Waals surface area contributed by atoms with E-state index >= 15 is 0 Å². The van der Waals surface area contributed by atoms with E-state index in [2.05, 4.69) is 41.5 Å². The maximum atomic E-state index is 13.7. The number of benzene rings is 2. The summed E-state index contributed by atoms with van der Waals surface area (Å²) >= 11 is 1.79. The van der Waals surface area contributed by atoms with Crippen LogP contribution in [0.3, 0.4) is 0 Å². The molecule has 8 nitrogen and oxygen atoms in total. The number of nitro benzene ring substituents is 1. The van der Waals surface area contributed by atoms with Gasteiger partial charge in [0.2, 0.25) is 5.91 Å². The lowest BCUT2D eigenvalue weighted by molar-refractivity contribution is -0.384. The minimum atomic E-state index is -0.481. The van der Waals surface area contributed by atoms with Crippen LogP contribution in [0, 0.1) is 17.0 Å². The number of rotatable bonds is 5. The second-order valence-electron chi connectivity index (χ2n) is 9.64. The summed E-state index contributed by atoms with van der Waals surface area (Å²) in [6, 6.07) is 16.0. The summed E-state index contributed by atoms with van der Waals surface area (Å²) in [6.45, 7) is 6.75. The molecule has 1 saturated heterocycles. The third-order valence-corrected chi connectivity index (χ3v) is 8.54. The summed E-state index contributed by atoms with van der Waals surface area (Å²) in [6.07, 6.45) is 0.935. The third-order valence-electron chi connectivity index (χ3n) is 7.54. The SMILES string of the molecule is Cc1ccccc1[C@H]1c2ccsc2CCN1[C@H](C)C(=O)N1CCN(C(=O)c2ccc([N+](=O)[O-])cc2)CC1. The number of hydrogen-bond acceptors (Lipinski definition) is 6. The Kier molecular flexibility index (Phi) is 7.08. The van der Waals surface area contributed by atoms with Gasteiger partial charge in [0.25, 0.3) is 11.6 Å². The molecule has 2 aliphatic heterocycles. The van der Waals surface area contributed by atoms with E-state index < -0.39 is 4.92 Å². The first kappa shape index (κ1) is 25.1. The van der Waals surface area contributed by atoms with Gasteiger partial charge in [0.1, 0.15) is 0 Å². The van der Waals surface area contributed by atoms with Crippen molar-refractivity contribution in [3.63, 3.8) is 0 Å². The van der Waals surface area contributed by atoms with Crippen molar-refractivity contribution in [2.24, 2.45) is 0 Å². The molecule has 3 heterocycles. The van der Waals surface area contributed by atoms with E-state index in [1.165, 1.54) is 45.8 Å². The zero-order chi connectivity index (χ0) is 26.1. The molecule has 2 aliphatic rings. The summed E-state index contributed by atoms with van der Waals surface area (Å²) in [5.74, 6) is -0.0876. The van der Waals surface area contributed by atoms with Crippen molar-refractivity contribution < 1.29 is 14.5 Å². The molecule has 0 spiro atoms. The zero-order valence-electron chi connectivity index (χ0n) is 21.0. The van der Waals surface area contributed by atoms with Gasteiger partial charge < -0.3 is 9.80 Å². The Morgan fingerprint density at radius 1 is 0.946 bits per heavy atom. The predicted octanol–water partition coefficient (Wildman–Crippen LogP) is 4.29. The molecular formula is C28H30N4O4S. The maximum absolute atomic E-state index is 13.7. The van der Waals surface area contributed by atoms with Gasteiger partial charge in [-0.1, -0.05) is 24.3 Å². The summed E-state index contributed by atoms with van der Waals surface area (Å²) in [5.41, 5.74) is 4.12. The molecule has 0 bridgehead atoms. The van der Waals surface area contributed by atoms with Crippen LogP contribution >= 0.6 is 11.3 Å². The number of thiophene rings is 1. The summed E-state index contributed by atoms with van der Waals surface area (Å²) in [4.78, 5) is 44.3. The molecule has 0 radical (unpaired) electrons. The Morgan fingerprint density at radius 3 is 2.30 bits per heavy atom. The fourth-order valence-corrected chi connectivity index (χ4v) is 6.34. The lowest BCUT2D eigenvalue weighted by Crippen LogP contribution is -2.56. The first-order valence-corrected chi connectivity index (χ1v) is 13.4. The van der Waals surface area contributed by atoms with Gasteiger partial charge in [0.05, 0.1) is 17.0 Å². The minimum absolute atomic E-state index is 0.0418. The molecule has 37 heavy (non-hydrogen) atoms. The molecular weight excluding hydrogens is 488 g/mol. The van der Waals surface area contributed by atoms with E-state index in [1.807, 2.05) is 17.9 Å². The first-order valence-electron chi connectivity index (χ1n) is 12.5. The molecule has 0 aliphatic carbocycles. The maximum Gasteiger partial charge on any atom is 0.269 e. The number of aryl methyl sites for hydroxylation is 1. The highest BCUT2D eigenvalue weighted by Crippen LogP contribution is 2.40. The number of hydrogen-bond donors (Lipinski definition) is 0. The Hall–Kier alpha value is -3.56. The minimum Gasteiger partial charge on any atom is -0.338 e. The fourth-order valence-electron chi connectivity index (χ4n) is 5.44. The van der Waals surface area contributed by atoms with Crippen LogP contribution in [0.25, 0.3) is 0 Å². The topological polar surface area (TPSA) is 87.0 Å². The lowest BCUT2D eigenvalue weighted by atomic mass is 9.89. The Labute approximate surface area is 220 Å². The molecule has 1 fully saturated rings. The first-order chi connectivity index (χ1) is 17.8. The average molecular weight is 519 g/mol. The van der Waals surface area contributed by atoms with Crippen molar-refractivity contribution in [2.75, 3.05) is 32.7 Å². The van der Waals surface area contributed by atoms with Crippen molar-refractivity contribution >= 4 is 28.8 Å². The predicted molar refractivity (Wildman–Crippen MR) is 143 cm³/mol. The van der Waals surface area contributed by atoms with E-state index in [-0.39, 0.29) is 29.6 Å². The summed E-state index contributed by atoms with van der Waals surface area (Å²) < 4.78 is 0. The van der Waals surface area contributed by atoms with E-state index in [4.69, 9.17) is 0 Å². The molecule has 3 aromatic rings. The number of non-ortho nitro benzene ring substituents is 1. The standard InChI is InChI=1S/C28H30N4O4S/c1-19-5-3-4-6-23(19)26-24-12-18-37-25(24)11-13-31(26)20(2)27(33)29-14-16-30(17-15-29)28(34)21-7-9-22(10-8-21)32(35)36/h3-10,12,18,20,26H,11,13-17H2,1-2H3/t20-,26+/m1/s1. The number of nitrogens with zero attached hydrogens (tertiary/aromatic N) is 4. The van der Waals surface area contributed by atoms with Crippen LogP contribution in [0.2, 0.25) is 0 Å². The van der Waals surface area contributed by atoms with Crippen LogP contribution in [0.15, 0.2) is 60.0 Å². The zero-order valence-corrected chi connectivity index (χ0v) is 21.8. The van der Waals surface area contributed by atoms with Crippen LogP contribution in [-0.2, 0) is 11.2 Å². The number of carbonyl (C=O) groups is 2. The highest BCUT2D eigenvalue weighted by atomic mass is 32.1. The van der Waals surface area contributed by atoms with Gasteiger partial charge in [-0.2, -0.15) is 0 Å². The normalized spacial score (nSPS) is 18.8. The number of carbonyl (C=O) groups excluding carboxylic acids is 2. The van der Waals surface area contributed by atoms with Crippen LogP contribution in [-0.4, -0.2) is 70.2 Å². The van der Waals surface area contributed by atoms with Gasteiger partial charge in [-0.05, 0) is 60.5 Å². The molecule has 5 rings (SSSR count). The number of amides is 2. The van der Waals surface area contributed by atoms with Crippen molar-refractivity contribution in [2.45, 2.75) is 32.4 Å². The second kappa shape index (κ2) is 10.4. The van der Waals surface area contributed by atoms with Gasteiger partial charge in [0, 0.05) is 55.3 Å². The Bertz CT molecular complexity index is 1310. The highest BCUT2D eigenvalue weighted by molar-refractivity contribution is 7.10. The monoisotopic (exact) mass is 518 g/mol. The number of piperazine rings is 1. The van der Waals surface area contributed by atoms with Crippen LogP contribution in [0.1, 0.15) is 44.9 Å². The molecule has 2 amide bonds. The van der Waals surface area contributed by atoms with Crippen molar-refractivity contribution in [3.8, 4) is 0 Å². The van der Waals surface area contributed by atoms with E-state index in [0.717, 1.165) is 13.0 Å². The third kappa shape index (κ3) is 4.89. The molecule has 192 valence electrons. The van der Waals surface area contributed by atoms with Gasteiger partial charge >= 0.3 is 0 Å². The van der Waals surface area contributed by atoms with Gasteiger partial charge in [-0.15, -0.1) is 11.3 Å². The van der Waals surface area contributed by atoms with Gasteiger partial charge in [0.15, 0.2) is 0 Å². The van der Waals surface area contributed by atoms with Gasteiger partial charge in [-0.25, -0.2) is 0 Å². The number of fused-ring (bicyclic) bond motifs is 1. The fraction of sp³-hybridized carbons (Fsp3) is 0.357. The Morgan fingerprint density at radius 2 is 1.62 bits per heavy atom. The highest BCUT2D eigenvalue weighted by Gasteiger charge is 2.38. The molecule has 0 unspecified atom stereocenters. The molecule has 0 N–H and O–H groups in total. The van der Waals surface area contributed by atoms with Crippen molar-refractivity contribution in [1.29, 1.82) is 0 Å². The van der Waals surface area contributed by atoms with Crippen molar-refractivity contribution in [3.05, 3.63) is 97.2 Å². The molecule has 0 saturated carbocycles. The molecule has 1 aromatic heterocycles. The second-order valence-corrected chi connectivity index (χ2v) is 10.6. The summed E-state index contributed by atoms with van der Waals surface area (Å²) in [7, 11) is 0. The summed E-state index contributed by atoms with van der Waals surface area (Å²) in [5, 5.41) is 13.0. The number of nitro groups is 1. The van der Waals surface area contributed by atoms with Crippen LogP contribution < -0.4 is 0 Å². The van der Waals surface area contributed by atoms with Crippen molar-refractivity contribution in [1.82, 2.24) is 14.7 Å². The van der Waals surface area contributed by atoms with Crippen LogP contribution in [0.4, 0.5) is 5.69 Å². The smallest absolute Gasteiger partial charge is 0.269 e. The molecule has 9 heteroatoms. The quantitative estimate of drug-likeness (QED) is 0.372. The van der Waals surface area contributed by atoms with E-state index in [9.17, 15) is 19.7 Å². The largest absolute Gasteiger partial charge is 0.338 e.